The molecule has 0 spiro atoms. The number of carboxylic acid groups (broad SMARTS) is 1. The Morgan fingerprint density at radius 2 is 1.11 bits per heavy atom. The highest BCUT2D eigenvalue weighted by molar-refractivity contribution is 5.79. The average Bonchev–Trinajstić information content (AvgIpc) is 4.16. The highest BCUT2D eigenvalue weighted by Gasteiger charge is 2.40. The summed E-state index contributed by atoms with van der Waals surface area (Å²) in [5, 5.41) is 10.2. The molecule has 4 saturated heterocycles. The maximum atomic E-state index is 14.7. The van der Waals surface area contributed by atoms with Crippen LogP contribution >= 0.6 is 0 Å². The standard InChI is InChI=1S/C35H49FN2O4.C31H41FN2O4/c1-24-11-12-25-13-15-27(37-31(25)21-24)9-5-7-19-40-28-17-18-38(23-28)33(34(39)42-35(2,3)4)30-22-26(36)14-16-29(30)32-10-6-8-20-41-32;1-21-8-9-22-10-12-24(33-28(22)18-21)6-2-4-16-37-25-14-15-34(20-25)30(31(35)36)27-19-23(32)11-13-26(27)29-7-3-5-17-38-29/h13-16,22,24,28,32-33H,5-12,17-21,23H2,1-4H3;10-13,19,21,25,29-30H,2-9,14-18,20H2,1H3,(H,35,36)/t24?,28-,32+,33?;21?,25-,29+,30?/m11/s1. The number of carbonyl (C=O) groups is 2. The van der Waals surface area contributed by atoms with Crippen molar-refractivity contribution >= 4 is 11.9 Å². The number of unbranched alkanes of at least 4 members (excludes halogenated alkanes) is 2. The van der Waals surface area contributed by atoms with Crippen LogP contribution in [0.3, 0.4) is 0 Å². The first kappa shape index (κ1) is 59.9. The number of esters is 1. The van der Waals surface area contributed by atoms with Gasteiger partial charge in [-0.1, -0.05) is 38.1 Å². The lowest BCUT2D eigenvalue weighted by molar-refractivity contribution is -0.161. The molecule has 0 bridgehead atoms. The van der Waals surface area contributed by atoms with Gasteiger partial charge in [0.05, 0.1) is 24.4 Å². The van der Waals surface area contributed by atoms with Crippen molar-refractivity contribution < 1.29 is 47.2 Å². The Bertz CT molecular complexity index is 2670. The molecule has 0 amide bonds. The van der Waals surface area contributed by atoms with Crippen LogP contribution in [0, 0.1) is 23.5 Å². The molecule has 4 aliphatic heterocycles. The molecule has 0 radical (unpaired) electrons. The van der Waals surface area contributed by atoms with E-state index < -0.39 is 29.5 Å². The van der Waals surface area contributed by atoms with E-state index in [9.17, 15) is 23.5 Å². The van der Waals surface area contributed by atoms with E-state index in [-0.39, 0.29) is 36.2 Å². The second-order valence-corrected chi connectivity index (χ2v) is 24.9. The molecule has 4 unspecified atom stereocenters. The summed E-state index contributed by atoms with van der Waals surface area (Å²) < 4.78 is 59.3. The normalized spacial score (nSPS) is 24.3. The van der Waals surface area contributed by atoms with Crippen molar-refractivity contribution in [1.82, 2.24) is 19.8 Å². The second-order valence-electron chi connectivity index (χ2n) is 24.9. The Labute approximate surface area is 475 Å². The third kappa shape index (κ3) is 16.5. The van der Waals surface area contributed by atoms with Gasteiger partial charge < -0.3 is 28.8 Å². The Hall–Kier alpha value is -4.70. The van der Waals surface area contributed by atoms with Crippen molar-refractivity contribution in [3.8, 4) is 0 Å². The minimum absolute atomic E-state index is 0.0110. The third-order valence-electron chi connectivity index (χ3n) is 17.2. The van der Waals surface area contributed by atoms with Crippen LogP contribution in [0.25, 0.3) is 0 Å². The number of aliphatic carboxylic acids is 1. The number of ether oxygens (including phenoxy) is 5. The summed E-state index contributed by atoms with van der Waals surface area (Å²) in [6, 6.07) is 16.6. The zero-order valence-electron chi connectivity index (χ0n) is 48.5. The van der Waals surface area contributed by atoms with Crippen LogP contribution in [-0.4, -0.2) is 107 Å². The van der Waals surface area contributed by atoms with E-state index in [1.807, 2.05) is 25.7 Å². The fraction of sp³-hybridized carbons (Fsp3) is 0.636. The quantitative estimate of drug-likeness (QED) is 0.0667. The predicted molar refractivity (Wildman–Crippen MR) is 305 cm³/mol. The van der Waals surface area contributed by atoms with Crippen molar-refractivity contribution in [3.63, 3.8) is 0 Å². The highest BCUT2D eigenvalue weighted by Crippen LogP contribution is 2.40. The average molecular weight is 1110 g/mol. The van der Waals surface area contributed by atoms with Crippen molar-refractivity contribution in [2.24, 2.45) is 11.8 Å². The van der Waals surface area contributed by atoms with E-state index in [0.29, 0.717) is 63.7 Å². The molecule has 14 heteroatoms. The molecule has 8 atom stereocenters. The minimum atomic E-state index is -0.958. The summed E-state index contributed by atoms with van der Waals surface area (Å²) in [6.07, 6.45) is 20.0. The number of benzene rings is 2. The number of fused-ring (bicyclic) bond motifs is 2. The van der Waals surface area contributed by atoms with Crippen LogP contribution in [-0.2, 0) is 71.8 Å². The number of rotatable bonds is 20. The zero-order chi connectivity index (χ0) is 56.2. The molecule has 2 aromatic carbocycles. The lowest BCUT2D eigenvalue weighted by Crippen LogP contribution is -2.38. The lowest BCUT2D eigenvalue weighted by Gasteiger charge is -2.33. The molecule has 436 valence electrons. The summed E-state index contributed by atoms with van der Waals surface area (Å²) in [4.78, 5) is 40.0. The molecule has 0 saturated carbocycles. The van der Waals surface area contributed by atoms with Crippen molar-refractivity contribution in [1.29, 1.82) is 0 Å². The first-order chi connectivity index (χ1) is 38.6. The number of aryl methyl sites for hydroxylation is 4. The number of carbonyl (C=O) groups excluding carboxylic acids is 1. The lowest BCUT2D eigenvalue weighted by atomic mass is 9.88. The van der Waals surface area contributed by atoms with Gasteiger partial charge in [-0.15, -0.1) is 0 Å². The fourth-order valence-corrected chi connectivity index (χ4v) is 12.9. The number of halogens is 2. The maximum absolute atomic E-state index is 14.7. The molecule has 2 aliphatic carbocycles. The molecular weight excluding hydrogens is 1010 g/mol. The summed E-state index contributed by atoms with van der Waals surface area (Å²) in [5.41, 5.74) is 9.98. The van der Waals surface area contributed by atoms with Crippen molar-refractivity contribution in [2.45, 2.75) is 205 Å². The van der Waals surface area contributed by atoms with Gasteiger partial charge in [0, 0.05) is 75.4 Å². The van der Waals surface area contributed by atoms with Crippen molar-refractivity contribution in [3.05, 3.63) is 128 Å². The fourth-order valence-electron chi connectivity index (χ4n) is 12.9. The van der Waals surface area contributed by atoms with Crippen LogP contribution in [0.5, 0.6) is 0 Å². The van der Waals surface area contributed by atoms with Gasteiger partial charge in [0.25, 0.3) is 0 Å². The SMILES string of the molecule is CC1CCc2ccc(CCCCO[C@@H]3CCN(C(C(=O)O)c4cc(F)ccc4[C@@H]4CCCCO4)C3)nc2C1.CC1CCc2ccc(CCCCO[C@@H]3CCN(C(C(=O)OC(C)(C)C)c4cc(F)ccc4[C@@H]4CCCCO4)C3)nc2C1. The molecule has 12 nitrogen and oxygen atoms in total. The summed E-state index contributed by atoms with van der Waals surface area (Å²) >= 11 is 0. The van der Waals surface area contributed by atoms with Gasteiger partial charge in [-0.25, -0.2) is 13.6 Å². The molecule has 80 heavy (non-hydrogen) atoms. The summed E-state index contributed by atoms with van der Waals surface area (Å²) in [7, 11) is 0. The molecule has 10 rings (SSSR count). The van der Waals surface area contributed by atoms with Gasteiger partial charge in [0.15, 0.2) is 0 Å². The molecule has 4 fully saturated rings. The Morgan fingerprint density at radius 1 is 0.637 bits per heavy atom. The molecule has 6 aliphatic rings. The number of likely N-dealkylation sites (tertiary alicyclic amines) is 2. The first-order valence-corrected chi connectivity index (χ1v) is 30.6. The van der Waals surface area contributed by atoms with E-state index in [2.05, 4.69) is 43.0 Å². The number of carboxylic acids is 1. The largest absolute Gasteiger partial charge is 0.480 e. The van der Waals surface area contributed by atoms with Gasteiger partial charge in [-0.05, 0) is 231 Å². The van der Waals surface area contributed by atoms with E-state index in [1.54, 1.807) is 12.1 Å². The number of pyridine rings is 2. The van der Waals surface area contributed by atoms with E-state index in [4.69, 9.17) is 33.7 Å². The summed E-state index contributed by atoms with van der Waals surface area (Å²) in [6.45, 7) is 15.3. The van der Waals surface area contributed by atoms with Gasteiger partial charge in [0.1, 0.15) is 29.3 Å². The van der Waals surface area contributed by atoms with E-state index in [1.165, 1.54) is 71.0 Å². The number of nitrogens with zero attached hydrogens (tertiary/aromatic N) is 4. The first-order valence-electron chi connectivity index (χ1n) is 30.6. The molecular formula is C66H90F2N4O8. The van der Waals surface area contributed by atoms with Crippen molar-refractivity contribution in [2.75, 3.05) is 52.6 Å². The highest BCUT2D eigenvalue weighted by atomic mass is 19.1. The molecule has 4 aromatic rings. The Morgan fingerprint density at radius 3 is 1.56 bits per heavy atom. The molecule has 2 aromatic heterocycles. The third-order valence-corrected chi connectivity index (χ3v) is 17.2. The van der Waals surface area contributed by atoms with Gasteiger partial charge >= 0.3 is 11.9 Å². The van der Waals surface area contributed by atoms with Crippen LogP contribution in [0.1, 0.15) is 205 Å². The monoisotopic (exact) mass is 1100 g/mol. The minimum Gasteiger partial charge on any atom is -0.480 e. The molecule has 1 N–H and O–H groups in total. The van der Waals surface area contributed by atoms with Crippen LogP contribution in [0.4, 0.5) is 8.78 Å². The zero-order valence-corrected chi connectivity index (χ0v) is 48.5. The maximum Gasteiger partial charge on any atom is 0.328 e. The van der Waals surface area contributed by atoms with Gasteiger partial charge in [-0.2, -0.15) is 0 Å². The number of hydrogen-bond donors (Lipinski definition) is 1. The number of aromatic nitrogens is 2. The topological polar surface area (TPSA) is 133 Å². The van der Waals surface area contributed by atoms with Crippen LogP contribution in [0.2, 0.25) is 0 Å². The van der Waals surface area contributed by atoms with Crippen LogP contribution in [0.15, 0.2) is 60.7 Å². The smallest absolute Gasteiger partial charge is 0.328 e. The number of hydrogen-bond acceptors (Lipinski definition) is 11. The van der Waals surface area contributed by atoms with Crippen LogP contribution < -0.4 is 0 Å². The summed E-state index contributed by atoms with van der Waals surface area (Å²) in [5.74, 6) is -0.632. The molecule has 6 heterocycles. The Kier molecular flexibility index (Phi) is 21.4. The van der Waals surface area contributed by atoms with E-state index >= 15 is 0 Å². The van der Waals surface area contributed by atoms with E-state index in [0.717, 1.165) is 139 Å². The van der Waals surface area contributed by atoms with Gasteiger partial charge in [-0.3, -0.25) is 24.6 Å². The predicted octanol–water partition coefficient (Wildman–Crippen LogP) is 12.9. The Balaban J connectivity index is 0.000000195. The van der Waals surface area contributed by atoms with Gasteiger partial charge in [0.2, 0.25) is 0 Å². The second kappa shape index (κ2) is 28.5.